The Morgan fingerprint density at radius 2 is 1.41 bits per heavy atom. The molecule has 69 heavy (non-hydrogen) atoms. The first-order valence-corrected chi connectivity index (χ1v) is 24.8. The van der Waals surface area contributed by atoms with Crippen molar-refractivity contribution in [2.45, 2.75) is 56.9 Å². The van der Waals surface area contributed by atoms with E-state index in [1.54, 1.807) is 0 Å². The van der Waals surface area contributed by atoms with Crippen LogP contribution in [0.2, 0.25) is 0 Å². The third-order valence-electron chi connectivity index (χ3n) is 16.2. The normalized spacial score (nSPS) is 20.1. The van der Waals surface area contributed by atoms with E-state index in [0.29, 0.717) is 6.42 Å². The fourth-order valence-electron chi connectivity index (χ4n) is 13.2. The van der Waals surface area contributed by atoms with Crippen molar-refractivity contribution in [1.29, 1.82) is 0 Å². The zero-order valence-corrected chi connectivity index (χ0v) is 38.0. The van der Waals surface area contributed by atoms with Crippen molar-refractivity contribution in [2.75, 3.05) is 0 Å². The number of hydrogen-bond donors (Lipinski definition) is 0. The second-order valence-corrected chi connectivity index (χ2v) is 19.7. The Bertz CT molecular complexity index is 4300. The second kappa shape index (κ2) is 14.2. The van der Waals surface area contributed by atoms with Gasteiger partial charge in [0.1, 0.15) is 22.3 Å². The van der Waals surface area contributed by atoms with Crippen LogP contribution in [0, 0.1) is 0 Å². The summed E-state index contributed by atoms with van der Waals surface area (Å²) in [4.78, 5) is 6.13. The number of hydrogen-bond acceptors (Lipinski definition) is 3. The Morgan fingerprint density at radius 3 is 2.30 bits per heavy atom. The van der Waals surface area contributed by atoms with Crippen molar-refractivity contribution >= 4 is 105 Å². The van der Waals surface area contributed by atoms with Crippen LogP contribution in [0.4, 0.5) is 0 Å². The SMILES string of the molecule is C1=CCCC(n2c3c(c4c2CCC=C4/C2=N/C(c4cccc5oc6ccccc6c45)CC4/C(=C/C2)c2c(ccc5c2oc2ccccc25)-n2c5cc4ccc5c4cc5ccccc5cc42)CC=C3)=C1. The van der Waals surface area contributed by atoms with E-state index in [-0.39, 0.29) is 12.0 Å². The molecule has 2 bridgehead atoms. The number of rotatable bonds is 3. The summed E-state index contributed by atoms with van der Waals surface area (Å²) in [5, 5.41) is 9.58. The molecular weight excluding hydrogens is 843 g/mol. The highest BCUT2D eigenvalue weighted by atomic mass is 16.3. The number of aromatic nitrogens is 2. The average molecular weight is 888 g/mol. The first-order chi connectivity index (χ1) is 34.2. The zero-order valence-electron chi connectivity index (χ0n) is 38.0. The first kappa shape index (κ1) is 37.9. The minimum atomic E-state index is -0.186. The van der Waals surface area contributed by atoms with Crippen LogP contribution in [0.15, 0.2) is 184 Å². The van der Waals surface area contributed by atoms with Gasteiger partial charge in [0.05, 0.1) is 22.8 Å². The van der Waals surface area contributed by atoms with Crippen molar-refractivity contribution in [3.63, 3.8) is 0 Å². The molecule has 2 atom stereocenters. The molecule has 6 heterocycles. The Hall–Kier alpha value is -8.15. The predicted octanol–water partition coefficient (Wildman–Crippen LogP) is 16.8. The molecule has 11 aromatic rings. The highest BCUT2D eigenvalue weighted by molar-refractivity contribution is 6.26. The van der Waals surface area contributed by atoms with Crippen LogP contribution in [-0.4, -0.2) is 14.8 Å². The van der Waals surface area contributed by atoms with Gasteiger partial charge in [-0.1, -0.05) is 115 Å². The number of fused-ring (bicyclic) bond motifs is 20. The summed E-state index contributed by atoms with van der Waals surface area (Å²) in [5.74, 6) is -0.00163. The van der Waals surface area contributed by atoms with E-state index >= 15 is 0 Å². The molecule has 5 heteroatoms. The molecular formula is C64H45N3O2. The van der Waals surface area contributed by atoms with Crippen LogP contribution in [-0.2, 0) is 12.8 Å². The molecule has 5 nitrogen and oxygen atoms in total. The molecule has 5 aliphatic rings. The van der Waals surface area contributed by atoms with Crippen molar-refractivity contribution in [1.82, 2.24) is 9.13 Å². The smallest absolute Gasteiger partial charge is 0.145 e. The van der Waals surface area contributed by atoms with Gasteiger partial charge in [0.2, 0.25) is 0 Å². The predicted molar refractivity (Wildman–Crippen MR) is 286 cm³/mol. The lowest BCUT2D eigenvalue weighted by Crippen LogP contribution is -2.18. The molecule has 3 aliphatic carbocycles. The van der Waals surface area contributed by atoms with Crippen molar-refractivity contribution < 1.29 is 8.83 Å². The van der Waals surface area contributed by atoms with Crippen LogP contribution in [0.1, 0.15) is 83.3 Å². The molecule has 16 rings (SSSR count). The molecule has 328 valence electrons. The molecule has 0 radical (unpaired) electrons. The molecule has 0 saturated carbocycles. The number of allylic oxidation sites excluding steroid dienone is 9. The quantitative estimate of drug-likeness (QED) is 0.177. The third kappa shape index (κ3) is 5.33. The molecule has 0 spiro atoms. The van der Waals surface area contributed by atoms with Gasteiger partial charge in [0.15, 0.2) is 0 Å². The third-order valence-corrected chi connectivity index (χ3v) is 16.2. The Labute approximate surface area is 398 Å². The van der Waals surface area contributed by atoms with E-state index in [2.05, 4.69) is 185 Å². The summed E-state index contributed by atoms with van der Waals surface area (Å²) >= 11 is 0. The minimum absolute atomic E-state index is 0.00163. The van der Waals surface area contributed by atoms with Crippen molar-refractivity contribution in [3.8, 4) is 5.69 Å². The molecule has 0 fully saturated rings. The van der Waals surface area contributed by atoms with Gasteiger partial charge in [-0.15, -0.1) is 0 Å². The number of nitrogens with zero attached hydrogens (tertiary/aromatic N) is 3. The second-order valence-electron chi connectivity index (χ2n) is 19.7. The van der Waals surface area contributed by atoms with Crippen LogP contribution < -0.4 is 0 Å². The molecule has 4 aromatic heterocycles. The summed E-state index contributed by atoms with van der Waals surface area (Å²) in [6, 6.07) is 49.0. The minimum Gasteiger partial charge on any atom is -0.456 e. The summed E-state index contributed by atoms with van der Waals surface area (Å²) in [6.45, 7) is 0. The fourth-order valence-corrected chi connectivity index (χ4v) is 13.2. The largest absolute Gasteiger partial charge is 0.456 e. The van der Waals surface area contributed by atoms with Crippen LogP contribution in [0.5, 0.6) is 0 Å². The average Bonchev–Trinajstić information content (AvgIpc) is 4.22. The number of para-hydroxylation sites is 2. The lowest BCUT2D eigenvalue weighted by atomic mass is 9.77. The van der Waals surface area contributed by atoms with E-state index in [1.165, 1.54) is 88.6 Å². The highest BCUT2D eigenvalue weighted by Gasteiger charge is 2.36. The van der Waals surface area contributed by atoms with E-state index < -0.39 is 0 Å². The molecule has 0 saturated heterocycles. The van der Waals surface area contributed by atoms with Gasteiger partial charge in [-0.3, -0.25) is 4.99 Å². The summed E-state index contributed by atoms with van der Waals surface area (Å²) in [6.07, 6.45) is 23.2. The van der Waals surface area contributed by atoms with Gasteiger partial charge < -0.3 is 18.0 Å². The lowest BCUT2D eigenvalue weighted by molar-refractivity contribution is 0.613. The lowest BCUT2D eigenvalue weighted by Gasteiger charge is -2.31. The van der Waals surface area contributed by atoms with E-state index in [1.807, 2.05) is 0 Å². The molecule has 2 aliphatic heterocycles. The topological polar surface area (TPSA) is 48.5 Å². The Balaban J connectivity index is 0.992. The van der Waals surface area contributed by atoms with Crippen LogP contribution in [0.25, 0.3) is 105 Å². The zero-order chi connectivity index (χ0) is 44.9. The van der Waals surface area contributed by atoms with Crippen LogP contribution >= 0.6 is 0 Å². The summed E-state index contributed by atoms with van der Waals surface area (Å²) < 4.78 is 18.9. The maximum absolute atomic E-state index is 7.17. The van der Waals surface area contributed by atoms with Gasteiger partial charge in [0.25, 0.3) is 0 Å². The van der Waals surface area contributed by atoms with Crippen molar-refractivity contribution in [3.05, 3.63) is 209 Å². The van der Waals surface area contributed by atoms with E-state index in [4.69, 9.17) is 13.8 Å². The molecule has 0 N–H and O–H groups in total. The standard InChI is InChI=1S/C64H45N3O2/c1-2-15-40(16-3-1)66-53-22-11-21-47(53)61-45(19-10-23-54(61)66)51-31-29-43-49(36-52(65-51)46-20-12-26-60-62(46)48-18-7-9-25-59(48)68-60)39-27-28-41-50-33-37-13-4-5-14-38(37)34-57(50)67(56(41)35-39)55-32-30-44-42-17-6-8-24-58(42)69-64(44)63(43)55/h1-2,4-9,11-15,17-20,22,24-30,32-35,49,52H,3,10,16,21,23,31,36H2/b43-29-,65-51+. The molecule has 7 aromatic carbocycles. The van der Waals surface area contributed by atoms with Crippen molar-refractivity contribution in [2.24, 2.45) is 4.99 Å². The monoisotopic (exact) mass is 887 g/mol. The maximum Gasteiger partial charge on any atom is 0.145 e. The number of furan rings is 2. The van der Waals surface area contributed by atoms with Gasteiger partial charge in [-0.2, -0.15) is 0 Å². The fraction of sp³-hybridized carbons (Fsp3) is 0.141. The number of aliphatic imine (C=N–C) groups is 1. The van der Waals surface area contributed by atoms with Gasteiger partial charge in [-0.25, -0.2) is 0 Å². The number of benzene rings is 7. The summed E-state index contributed by atoms with van der Waals surface area (Å²) in [7, 11) is 0. The van der Waals surface area contributed by atoms with E-state index in [0.717, 1.165) is 93.8 Å². The van der Waals surface area contributed by atoms with Crippen LogP contribution in [0.3, 0.4) is 0 Å². The Kier molecular flexibility index (Phi) is 7.79. The summed E-state index contributed by atoms with van der Waals surface area (Å²) in [5.41, 5.74) is 21.7. The van der Waals surface area contributed by atoms with Gasteiger partial charge >= 0.3 is 0 Å². The molecule has 0 amide bonds. The molecule has 2 unspecified atom stereocenters. The Morgan fingerprint density at radius 1 is 0.594 bits per heavy atom. The first-order valence-electron chi connectivity index (χ1n) is 24.8. The van der Waals surface area contributed by atoms with Gasteiger partial charge in [0, 0.05) is 84.2 Å². The van der Waals surface area contributed by atoms with Gasteiger partial charge in [-0.05, 0) is 132 Å². The maximum atomic E-state index is 7.17. The van der Waals surface area contributed by atoms with E-state index in [9.17, 15) is 0 Å². The highest BCUT2D eigenvalue weighted by Crippen LogP contribution is 2.53.